The molecule has 1 aliphatic rings. The highest BCUT2D eigenvalue weighted by Crippen LogP contribution is 2.36. The number of carbonyl (C=O) groups excluding carboxylic acids is 2. The lowest BCUT2D eigenvalue weighted by Crippen LogP contribution is -2.47. The van der Waals surface area contributed by atoms with Crippen molar-refractivity contribution in [3.63, 3.8) is 0 Å². The highest BCUT2D eigenvalue weighted by atomic mass is 35.5. The van der Waals surface area contributed by atoms with E-state index in [1.54, 1.807) is 19.2 Å². The highest BCUT2D eigenvalue weighted by molar-refractivity contribution is 6.34. The molecule has 1 saturated heterocycles. The molecule has 0 saturated carbocycles. The average Bonchev–Trinajstić information content (AvgIpc) is 3.29. The van der Waals surface area contributed by atoms with E-state index in [-0.39, 0.29) is 45.4 Å². The number of primary amides is 1. The zero-order chi connectivity index (χ0) is 31.0. The van der Waals surface area contributed by atoms with Crippen LogP contribution in [0.1, 0.15) is 42.9 Å². The van der Waals surface area contributed by atoms with Gasteiger partial charge in [-0.15, -0.1) is 0 Å². The number of benzene rings is 1. The summed E-state index contributed by atoms with van der Waals surface area (Å²) in [6.07, 6.45) is 5.10. The third-order valence-electron chi connectivity index (χ3n) is 7.17. The Labute approximate surface area is 256 Å². The van der Waals surface area contributed by atoms with E-state index in [1.807, 2.05) is 6.92 Å². The molecule has 5 rings (SSSR count). The second-order valence-corrected chi connectivity index (χ2v) is 11.4. The predicted molar refractivity (Wildman–Crippen MR) is 165 cm³/mol. The quantitative estimate of drug-likeness (QED) is 0.225. The molecular weight excluding hydrogens is 597 g/mol. The molecule has 0 spiro atoms. The van der Waals surface area contributed by atoms with Gasteiger partial charge in [0, 0.05) is 30.9 Å². The number of anilines is 2. The van der Waals surface area contributed by atoms with E-state index in [2.05, 4.69) is 32.1 Å². The number of amides is 2. The number of nitrogens with zero attached hydrogens (tertiary/aromatic N) is 4. The molecule has 43 heavy (non-hydrogen) atoms. The van der Waals surface area contributed by atoms with Crippen molar-refractivity contribution < 1.29 is 19.4 Å². The van der Waals surface area contributed by atoms with Crippen LogP contribution in [0.15, 0.2) is 35.4 Å². The second-order valence-electron chi connectivity index (χ2n) is 10.6. The van der Waals surface area contributed by atoms with Crippen LogP contribution in [0.4, 0.5) is 11.5 Å². The summed E-state index contributed by atoms with van der Waals surface area (Å²) in [4.78, 5) is 52.0. The topological polar surface area (TPSA) is 168 Å². The van der Waals surface area contributed by atoms with Crippen molar-refractivity contribution in [1.29, 1.82) is 0 Å². The minimum Gasteiger partial charge on any atom is -0.506 e. The van der Waals surface area contributed by atoms with Crippen LogP contribution >= 0.6 is 23.2 Å². The summed E-state index contributed by atoms with van der Waals surface area (Å²) in [6, 6.07) is 4.47. The number of nitrogens with two attached hydrogens (primary N) is 1. The number of phenols is 1. The molecule has 1 aliphatic heterocycles. The summed E-state index contributed by atoms with van der Waals surface area (Å²) in [7, 11) is 0. The van der Waals surface area contributed by atoms with Crippen molar-refractivity contribution in [3.8, 4) is 16.9 Å². The standard InChI is InChI=1S/C29H31Cl2N7O5/c1-4-5-17-11-37(10-14(2)43-17)23-8-22(21(31)9-33-23)36-24(39)13-38-12-19(25-28(38)34-15(3)35-29(25)42)16-6-18(27(32)41)26(40)20(30)7-16/h6-9,12,14,17,40H,4-5,10-11,13H2,1-3H3,(H2,32,41)(H,33,36,39)(H,34,35,42). The molecule has 4 heterocycles. The summed E-state index contributed by atoms with van der Waals surface area (Å²) in [5, 5.41) is 13.4. The van der Waals surface area contributed by atoms with E-state index < -0.39 is 23.1 Å². The molecule has 2 atom stereocenters. The Bertz CT molecular complexity index is 1790. The maximum atomic E-state index is 13.3. The zero-order valence-electron chi connectivity index (χ0n) is 23.8. The Hall–Kier alpha value is -4.13. The fraction of sp³-hybridized carbons (Fsp3) is 0.345. The SMILES string of the molecule is CCCC1CN(c2cc(NC(=O)Cn3cc(-c4cc(Cl)c(O)c(C(N)=O)c4)c4c(=O)[nH]c(C)nc43)c(Cl)cn2)CC(C)O1. The molecule has 5 N–H and O–H groups in total. The number of ether oxygens (including phenoxy) is 1. The van der Waals surface area contributed by atoms with Gasteiger partial charge < -0.3 is 35.3 Å². The van der Waals surface area contributed by atoms with Crippen LogP contribution in [0.2, 0.25) is 10.0 Å². The number of H-pyrrole nitrogens is 1. The van der Waals surface area contributed by atoms with Crippen molar-refractivity contribution in [3.05, 3.63) is 62.4 Å². The van der Waals surface area contributed by atoms with Gasteiger partial charge in [0.1, 0.15) is 29.6 Å². The number of pyridine rings is 1. The van der Waals surface area contributed by atoms with Gasteiger partial charge in [-0.25, -0.2) is 9.97 Å². The number of aromatic hydroxyl groups is 1. The molecule has 3 aromatic heterocycles. The molecule has 0 aliphatic carbocycles. The lowest BCUT2D eigenvalue weighted by atomic mass is 10.0. The van der Waals surface area contributed by atoms with Crippen molar-refractivity contribution >= 4 is 57.6 Å². The number of fused-ring (bicyclic) bond motifs is 1. The van der Waals surface area contributed by atoms with Gasteiger partial charge >= 0.3 is 0 Å². The van der Waals surface area contributed by atoms with Crippen LogP contribution < -0.4 is 21.5 Å². The summed E-state index contributed by atoms with van der Waals surface area (Å²) < 4.78 is 7.55. The first kappa shape index (κ1) is 30.3. The summed E-state index contributed by atoms with van der Waals surface area (Å²) in [5.74, 6) is -0.780. The molecular formula is C29H31Cl2N7O5. The van der Waals surface area contributed by atoms with Crippen LogP contribution in [-0.2, 0) is 16.1 Å². The Morgan fingerprint density at radius 1 is 1.23 bits per heavy atom. The van der Waals surface area contributed by atoms with E-state index in [0.29, 0.717) is 41.5 Å². The maximum Gasteiger partial charge on any atom is 0.261 e. The molecule has 2 unspecified atom stereocenters. The molecule has 1 fully saturated rings. The lowest BCUT2D eigenvalue weighted by Gasteiger charge is -2.37. The normalized spacial score (nSPS) is 16.9. The van der Waals surface area contributed by atoms with E-state index in [9.17, 15) is 19.5 Å². The van der Waals surface area contributed by atoms with Crippen molar-refractivity contribution in [2.24, 2.45) is 5.73 Å². The molecule has 2 amide bonds. The van der Waals surface area contributed by atoms with Crippen molar-refractivity contribution in [1.82, 2.24) is 19.5 Å². The largest absolute Gasteiger partial charge is 0.506 e. The Kier molecular flexibility index (Phi) is 8.63. The highest BCUT2D eigenvalue weighted by Gasteiger charge is 2.26. The lowest BCUT2D eigenvalue weighted by molar-refractivity contribution is -0.116. The molecule has 14 heteroatoms. The number of halogens is 2. The number of morpholine rings is 1. The van der Waals surface area contributed by atoms with E-state index in [0.717, 1.165) is 12.8 Å². The van der Waals surface area contributed by atoms with Crippen molar-refractivity contribution in [2.45, 2.75) is 52.4 Å². The number of aromatic nitrogens is 4. The van der Waals surface area contributed by atoms with Crippen LogP contribution in [-0.4, -0.2) is 61.7 Å². The number of aryl methyl sites for hydroxylation is 1. The Balaban J connectivity index is 1.46. The van der Waals surface area contributed by atoms with Crippen molar-refractivity contribution in [2.75, 3.05) is 23.3 Å². The smallest absolute Gasteiger partial charge is 0.261 e. The summed E-state index contributed by atoms with van der Waals surface area (Å²) in [5.41, 5.74) is 6.05. The van der Waals surface area contributed by atoms with Gasteiger partial charge in [0.15, 0.2) is 0 Å². The Morgan fingerprint density at radius 3 is 2.72 bits per heavy atom. The van der Waals surface area contributed by atoms with Gasteiger partial charge in [0.2, 0.25) is 5.91 Å². The summed E-state index contributed by atoms with van der Waals surface area (Å²) >= 11 is 12.6. The van der Waals surface area contributed by atoms with Crippen LogP contribution in [0, 0.1) is 6.92 Å². The molecule has 4 aromatic rings. The molecule has 226 valence electrons. The van der Waals surface area contributed by atoms with Crippen LogP contribution in [0.5, 0.6) is 5.75 Å². The third-order valence-corrected chi connectivity index (χ3v) is 7.76. The van der Waals surface area contributed by atoms with Crippen LogP contribution in [0.3, 0.4) is 0 Å². The number of aromatic amines is 1. The van der Waals surface area contributed by atoms with Gasteiger partial charge in [0.05, 0.1) is 45.1 Å². The summed E-state index contributed by atoms with van der Waals surface area (Å²) in [6.45, 7) is 6.86. The molecule has 0 radical (unpaired) electrons. The van der Waals surface area contributed by atoms with E-state index in [4.69, 9.17) is 33.7 Å². The fourth-order valence-corrected chi connectivity index (χ4v) is 5.71. The number of nitrogens with one attached hydrogen (secondary N) is 2. The number of rotatable bonds is 8. The predicted octanol–water partition coefficient (Wildman–Crippen LogP) is 4.24. The number of hydrogen-bond donors (Lipinski definition) is 4. The van der Waals surface area contributed by atoms with E-state index in [1.165, 1.54) is 22.9 Å². The monoisotopic (exact) mass is 627 g/mol. The molecule has 12 nitrogen and oxygen atoms in total. The minimum absolute atomic E-state index is 0.0265. The number of hydrogen-bond acceptors (Lipinski definition) is 8. The average molecular weight is 629 g/mol. The first-order chi connectivity index (χ1) is 20.4. The minimum atomic E-state index is -0.895. The molecule has 1 aromatic carbocycles. The van der Waals surface area contributed by atoms with Gasteiger partial charge in [-0.1, -0.05) is 36.5 Å². The first-order valence-electron chi connectivity index (χ1n) is 13.7. The first-order valence-corrected chi connectivity index (χ1v) is 14.5. The third kappa shape index (κ3) is 6.31. The maximum absolute atomic E-state index is 13.3. The van der Waals surface area contributed by atoms with Gasteiger partial charge in [0.25, 0.3) is 11.5 Å². The number of carbonyl (C=O) groups is 2. The zero-order valence-corrected chi connectivity index (χ0v) is 25.3. The van der Waals surface area contributed by atoms with Gasteiger partial charge in [-0.2, -0.15) is 0 Å². The Morgan fingerprint density at radius 2 is 2.00 bits per heavy atom. The van der Waals surface area contributed by atoms with Gasteiger partial charge in [-0.3, -0.25) is 14.4 Å². The van der Waals surface area contributed by atoms with E-state index >= 15 is 0 Å². The molecule has 0 bridgehead atoms. The van der Waals surface area contributed by atoms with Crippen LogP contribution in [0.25, 0.3) is 22.2 Å². The van der Waals surface area contributed by atoms with Gasteiger partial charge in [-0.05, 0) is 38.0 Å². The fourth-order valence-electron chi connectivity index (χ4n) is 5.34. The second kappa shape index (κ2) is 12.2.